The summed E-state index contributed by atoms with van der Waals surface area (Å²) in [6, 6.07) is 0.139. The van der Waals surface area contributed by atoms with Gasteiger partial charge in [0.25, 0.3) is 0 Å². The van der Waals surface area contributed by atoms with Gasteiger partial charge in [-0.15, -0.1) is 0 Å². The van der Waals surface area contributed by atoms with Gasteiger partial charge in [0, 0.05) is 13.7 Å². The Morgan fingerprint density at radius 2 is 2.40 bits per heavy atom. The third-order valence-electron chi connectivity index (χ3n) is 2.04. The summed E-state index contributed by atoms with van der Waals surface area (Å²) in [5.41, 5.74) is 0. The van der Waals surface area contributed by atoms with Crippen LogP contribution in [-0.4, -0.2) is 37.5 Å². The maximum Gasteiger partial charge on any atom is 0.0753 e. The van der Waals surface area contributed by atoms with Crippen molar-refractivity contribution in [1.82, 2.24) is 5.32 Å². The van der Waals surface area contributed by atoms with Crippen LogP contribution in [-0.2, 0) is 4.74 Å². The second-order valence-corrected chi connectivity index (χ2v) is 2.94. The van der Waals surface area contributed by atoms with E-state index >= 15 is 0 Å². The minimum atomic E-state index is -0.236. The van der Waals surface area contributed by atoms with E-state index in [4.69, 9.17) is 4.74 Å². The molecule has 0 saturated carbocycles. The zero-order valence-corrected chi connectivity index (χ0v) is 6.50. The molecular weight excluding hydrogens is 130 g/mol. The van der Waals surface area contributed by atoms with Crippen LogP contribution in [0.3, 0.4) is 0 Å². The van der Waals surface area contributed by atoms with Crippen LogP contribution < -0.4 is 5.32 Å². The summed E-state index contributed by atoms with van der Waals surface area (Å²) >= 11 is 0. The lowest BCUT2D eigenvalue weighted by molar-refractivity contribution is 0.0776. The predicted molar refractivity (Wildman–Crippen MR) is 38.8 cm³/mol. The highest BCUT2D eigenvalue weighted by atomic mass is 16.5. The van der Waals surface area contributed by atoms with Crippen molar-refractivity contribution >= 4 is 0 Å². The SMILES string of the molecule is COCC1NCC(C)C1O. The molecule has 0 spiro atoms. The first-order valence-electron chi connectivity index (χ1n) is 3.66. The molecule has 1 heterocycles. The van der Waals surface area contributed by atoms with Crippen molar-refractivity contribution in [3.63, 3.8) is 0 Å². The second-order valence-electron chi connectivity index (χ2n) is 2.94. The minimum Gasteiger partial charge on any atom is -0.391 e. The highest BCUT2D eigenvalue weighted by molar-refractivity contribution is 4.87. The Balaban J connectivity index is 2.33. The number of methoxy groups -OCH3 is 1. The molecule has 0 bridgehead atoms. The van der Waals surface area contributed by atoms with E-state index in [0.717, 1.165) is 6.54 Å². The molecule has 10 heavy (non-hydrogen) atoms. The van der Waals surface area contributed by atoms with Gasteiger partial charge in [0.15, 0.2) is 0 Å². The van der Waals surface area contributed by atoms with Crippen molar-refractivity contribution in [2.45, 2.75) is 19.1 Å². The van der Waals surface area contributed by atoms with Crippen molar-refractivity contribution in [3.05, 3.63) is 0 Å². The number of hydrogen-bond acceptors (Lipinski definition) is 3. The molecule has 0 aromatic heterocycles. The zero-order valence-electron chi connectivity index (χ0n) is 6.50. The van der Waals surface area contributed by atoms with Gasteiger partial charge in [-0.05, 0) is 5.92 Å². The maximum atomic E-state index is 9.45. The first-order chi connectivity index (χ1) is 4.75. The quantitative estimate of drug-likeness (QED) is 0.555. The molecule has 2 N–H and O–H groups in total. The fraction of sp³-hybridized carbons (Fsp3) is 1.00. The van der Waals surface area contributed by atoms with Crippen LogP contribution in [0.2, 0.25) is 0 Å². The van der Waals surface area contributed by atoms with Gasteiger partial charge in [-0.25, -0.2) is 0 Å². The molecule has 3 atom stereocenters. The van der Waals surface area contributed by atoms with Crippen molar-refractivity contribution < 1.29 is 9.84 Å². The van der Waals surface area contributed by atoms with Crippen LogP contribution in [0.5, 0.6) is 0 Å². The van der Waals surface area contributed by atoms with Crippen molar-refractivity contribution in [2.75, 3.05) is 20.3 Å². The van der Waals surface area contributed by atoms with Gasteiger partial charge in [-0.2, -0.15) is 0 Å². The summed E-state index contributed by atoms with van der Waals surface area (Å²) in [6.45, 7) is 3.54. The lowest BCUT2D eigenvalue weighted by atomic mass is 10.1. The largest absolute Gasteiger partial charge is 0.391 e. The molecule has 0 aromatic carbocycles. The highest BCUT2D eigenvalue weighted by Gasteiger charge is 2.30. The highest BCUT2D eigenvalue weighted by Crippen LogP contribution is 2.13. The van der Waals surface area contributed by atoms with Crippen LogP contribution in [0.25, 0.3) is 0 Å². The summed E-state index contributed by atoms with van der Waals surface area (Å²) in [4.78, 5) is 0. The zero-order chi connectivity index (χ0) is 7.56. The van der Waals surface area contributed by atoms with E-state index in [0.29, 0.717) is 12.5 Å². The number of aliphatic hydroxyl groups is 1. The summed E-state index contributed by atoms with van der Waals surface area (Å²) in [5.74, 6) is 0.361. The summed E-state index contributed by atoms with van der Waals surface area (Å²) in [6.07, 6.45) is -0.236. The lowest BCUT2D eigenvalue weighted by Gasteiger charge is -2.14. The molecule has 1 fully saturated rings. The predicted octanol–water partition coefficient (Wildman–Crippen LogP) is -0.398. The molecule has 1 aliphatic heterocycles. The minimum absolute atomic E-state index is 0.139. The Morgan fingerprint density at radius 1 is 1.70 bits per heavy atom. The monoisotopic (exact) mass is 145 g/mol. The van der Waals surface area contributed by atoms with E-state index in [-0.39, 0.29) is 12.1 Å². The molecule has 1 saturated heterocycles. The normalized spacial score (nSPS) is 40.5. The molecule has 60 valence electrons. The number of nitrogens with one attached hydrogen (secondary N) is 1. The molecule has 3 heteroatoms. The molecule has 3 unspecified atom stereocenters. The molecule has 0 radical (unpaired) electrons. The number of hydrogen-bond donors (Lipinski definition) is 2. The van der Waals surface area contributed by atoms with E-state index in [1.807, 2.05) is 6.92 Å². The second kappa shape index (κ2) is 3.32. The van der Waals surface area contributed by atoms with Crippen molar-refractivity contribution in [2.24, 2.45) is 5.92 Å². The summed E-state index contributed by atoms with van der Waals surface area (Å²) < 4.78 is 4.92. The molecule has 0 amide bonds. The van der Waals surface area contributed by atoms with Gasteiger partial charge in [0.1, 0.15) is 0 Å². The Hall–Kier alpha value is -0.120. The first-order valence-corrected chi connectivity index (χ1v) is 3.66. The fourth-order valence-electron chi connectivity index (χ4n) is 1.31. The van der Waals surface area contributed by atoms with Crippen LogP contribution in [0.15, 0.2) is 0 Å². The topological polar surface area (TPSA) is 41.5 Å². The van der Waals surface area contributed by atoms with Gasteiger partial charge in [-0.1, -0.05) is 6.92 Å². The maximum absolute atomic E-state index is 9.45. The van der Waals surface area contributed by atoms with Gasteiger partial charge < -0.3 is 15.2 Å². The lowest BCUT2D eigenvalue weighted by Crippen LogP contribution is -2.35. The number of aliphatic hydroxyl groups excluding tert-OH is 1. The standard InChI is InChI=1S/C7H15NO2/c1-5-3-8-6(4-10-2)7(5)9/h5-9H,3-4H2,1-2H3. The van der Waals surface area contributed by atoms with E-state index in [9.17, 15) is 5.11 Å². The van der Waals surface area contributed by atoms with Gasteiger partial charge >= 0.3 is 0 Å². The van der Waals surface area contributed by atoms with Gasteiger partial charge in [0.2, 0.25) is 0 Å². The van der Waals surface area contributed by atoms with Crippen LogP contribution in [0.1, 0.15) is 6.92 Å². The Labute approximate surface area is 61.4 Å². The average Bonchev–Trinajstić information content (AvgIpc) is 2.20. The molecule has 1 rings (SSSR count). The van der Waals surface area contributed by atoms with E-state index in [1.54, 1.807) is 7.11 Å². The van der Waals surface area contributed by atoms with Crippen molar-refractivity contribution in [1.29, 1.82) is 0 Å². The van der Waals surface area contributed by atoms with E-state index in [1.165, 1.54) is 0 Å². The molecule has 3 nitrogen and oxygen atoms in total. The Kier molecular flexibility index (Phi) is 2.65. The average molecular weight is 145 g/mol. The summed E-state index contributed by atoms with van der Waals surface area (Å²) in [7, 11) is 1.65. The van der Waals surface area contributed by atoms with Crippen LogP contribution in [0.4, 0.5) is 0 Å². The Bertz CT molecular complexity index is 106. The molecular formula is C7H15NO2. The summed E-state index contributed by atoms with van der Waals surface area (Å²) in [5, 5.41) is 12.6. The number of ether oxygens (including phenoxy) is 1. The fourth-order valence-corrected chi connectivity index (χ4v) is 1.31. The molecule has 0 aromatic rings. The third kappa shape index (κ3) is 1.48. The number of rotatable bonds is 2. The third-order valence-corrected chi connectivity index (χ3v) is 2.04. The molecule has 1 aliphatic rings. The Morgan fingerprint density at radius 3 is 2.80 bits per heavy atom. The van der Waals surface area contributed by atoms with E-state index in [2.05, 4.69) is 5.32 Å². The smallest absolute Gasteiger partial charge is 0.0753 e. The van der Waals surface area contributed by atoms with Crippen LogP contribution >= 0.6 is 0 Å². The van der Waals surface area contributed by atoms with Crippen molar-refractivity contribution in [3.8, 4) is 0 Å². The molecule has 0 aliphatic carbocycles. The van der Waals surface area contributed by atoms with Gasteiger partial charge in [0.05, 0.1) is 18.8 Å². The van der Waals surface area contributed by atoms with E-state index < -0.39 is 0 Å². The van der Waals surface area contributed by atoms with Crippen LogP contribution in [0, 0.1) is 5.92 Å². The first kappa shape index (κ1) is 7.98. The van der Waals surface area contributed by atoms with Gasteiger partial charge in [-0.3, -0.25) is 0 Å².